The molecule has 0 spiro atoms. The summed E-state index contributed by atoms with van der Waals surface area (Å²) in [5, 5.41) is 0. The van der Waals surface area contributed by atoms with Crippen LogP contribution >= 0.6 is 0 Å². The zero-order chi connectivity index (χ0) is 16.7. The number of hydrogen-bond donors (Lipinski definition) is 0. The van der Waals surface area contributed by atoms with Crippen LogP contribution in [0.4, 0.5) is 4.39 Å². The van der Waals surface area contributed by atoms with Crippen LogP contribution in [-0.4, -0.2) is 61.1 Å². The maximum atomic E-state index is 13.4. The molecule has 5 heteroatoms. The Bertz CT molecular complexity index is 617. The molecule has 1 aromatic carbocycles. The summed E-state index contributed by atoms with van der Waals surface area (Å²) in [5.74, 6) is 0.784. The second kappa shape index (κ2) is 6.45. The normalized spacial score (nSPS) is 33.7. The van der Waals surface area contributed by atoms with Crippen LogP contribution in [-0.2, 0) is 9.53 Å². The van der Waals surface area contributed by atoms with E-state index in [1.54, 1.807) is 12.1 Å². The van der Waals surface area contributed by atoms with Crippen LogP contribution in [0.25, 0.3) is 0 Å². The van der Waals surface area contributed by atoms with Gasteiger partial charge in [0, 0.05) is 38.1 Å². The Morgan fingerprint density at radius 2 is 2.04 bits per heavy atom. The SMILES string of the molecule is C[C@@H]1CN(C(=O)[C@@H]2C[C@H]2c2cccc(F)c2)C[C@H]1N1CCOCC1. The Hall–Kier alpha value is -1.46. The number of ether oxygens (including phenoxy) is 1. The Labute approximate surface area is 142 Å². The third-order valence-electron chi connectivity index (χ3n) is 5.78. The number of likely N-dealkylation sites (tertiary alicyclic amines) is 1. The van der Waals surface area contributed by atoms with Crippen LogP contribution in [0.1, 0.15) is 24.8 Å². The molecule has 3 aliphatic rings. The zero-order valence-corrected chi connectivity index (χ0v) is 14.2. The van der Waals surface area contributed by atoms with Crippen molar-refractivity contribution in [2.75, 3.05) is 39.4 Å². The maximum Gasteiger partial charge on any atom is 0.226 e. The number of carbonyl (C=O) groups excluding carboxylic acids is 1. The lowest BCUT2D eigenvalue weighted by Crippen LogP contribution is -2.47. The van der Waals surface area contributed by atoms with Crippen LogP contribution in [0.3, 0.4) is 0 Å². The van der Waals surface area contributed by atoms with Gasteiger partial charge in [0.05, 0.1) is 13.2 Å². The van der Waals surface area contributed by atoms with Crippen LogP contribution in [0.15, 0.2) is 24.3 Å². The minimum Gasteiger partial charge on any atom is -0.379 e. The number of rotatable bonds is 3. The Kier molecular flexibility index (Phi) is 4.31. The maximum absolute atomic E-state index is 13.4. The molecular formula is C19H25FN2O2. The molecule has 2 saturated heterocycles. The third kappa shape index (κ3) is 3.07. The van der Waals surface area contributed by atoms with Crippen LogP contribution < -0.4 is 0 Å². The molecule has 1 saturated carbocycles. The lowest BCUT2D eigenvalue weighted by Gasteiger charge is -2.34. The minimum absolute atomic E-state index is 0.0439. The average molecular weight is 332 g/mol. The zero-order valence-electron chi connectivity index (χ0n) is 14.2. The van der Waals surface area contributed by atoms with E-state index in [9.17, 15) is 9.18 Å². The topological polar surface area (TPSA) is 32.8 Å². The van der Waals surface area contributed by atoms with Crippen LogP contribution in [0.5, 0.6) is 0 Å². The number of benzene rings is 1. The van der Waals surface area contributed by atoms with E-state index in [0.29, 0.717) is 12.0 Å². The number of carbonyl (C=O) groups is 1. The van der Waals surface area contributed by atoms with Crippen molar-refractivity contribution in [2.24, 2.45) is 11.8 Å². The molecule has 2 heterocycles. The van der Waals surface area contributed by atoms with E-state index < -0.39 is 0 Å². The Morgan fingerprint density at radius 3 is 2.79 bits per heavy atom. The van der Waals surface area contributed by atoms with Crippen LogP contribution in [0, 0.1) is 17.7 Å². The molecule has 1 amide bonds. The van der Waals surface area contributed by atoms with E-state index in [-0.39, 0.29) is 23.6 Å². The summed E-state index contributed by atoms with van der Waals surface area (Å²) in [4.78, 5) is 17.3. The predicted molar refractivity (Wildman–Crippen MR) is 89.2 cm³/mol. The van der Waals surface area contributed by atoms with E-state index in [1.807, 2.05) is 11.0 Å². The quantitative estimate of drug-likeness (QED) is 0.850. The highest BCUT2D eigenvalue weighted by molar-refractivity contribution is 5.83. The summed E-state index contributed by atoms with van der Waals surface area (Å²) in [5.41, 5.74) is 0.963. The first-order valence-corrected chi connectivity index (χ1v) is 8.99. The van der Waals surface area contributed by atoms with Crippen molar-refractivity contribution in [3.63, 3.8) is 0 Å². The second-order valence-electron chi connectivity index (χ2n) is 7.44. The third-order valence-corrected chi connectivity index (χ3v) is 5.78. The minimum atomic E-state index is -0.215. The van der Waals surface area contributed by atoms with Gasteiger partial charge in [-0.15, -0.1) is 0 Å². The van der Waals surface area contributed by atoms with Crippen molar-refractivity contribution < 1.29 is 13.9 Å². The summed E-state index contributed by atoms with van der Waals surface area (Å²) >= 11 is 0. The number of hydrogen-bond acceptors (Lipinski definition) is 3. The summed E-state index contributed by atoms with van der Waals surface area (Å²) in [6, 6.07) is 7.14. The van der Waals surface area contributed by atoms with Crippen molar-refractivity contribution in [3.8, 4) is 0 Å². The van der Waals surface area contributed by atoms with E-state index in [1.165, 1.54) is 6.07 Å². The van der Waals surface area contributed by atoms with Gasteiger partial charge in [-0.1, -0.05) is 19.1 Å². The summed E-state index contributed by atoms with van der Waals surface area (Å²) in [6.45, 7) is 7.42. The average Bonchev–Trinajstić information content (AvgIpc) is 3.30. The molecule has 0 N–H and O–H groups in total. The first-order valence-electron chi connectivity index (χ1n) is 8.99. The molecule has 4 rings (SSSR count). The van der Waals surface area contributed by atoms with Crippen molar-refractivity contribution in [1.29, 1.82) is 0 Å². The summed E-state index contributed by atoms with van der Waals surface area (Å²) in [6.07, 6.45) is 0.857. The van der Waals surface area contributed by atoms with Gasteiger partial charge in [-0.05, 0) is 36.0 Å². The predicted octanol–water partition coefficient (Wildman–Crippen LogP) is 2.11. The molecule has 4 atom stereocenters. The van der Waals surface area contributed by atoms with Gasteiger partial charge < -0.3 is 9.64 Å². The highest BCUT2D eigenvalue weighted by Crippen LogP contribution is 2.49. The Morgan fingerprint density at radius 1 is 1.25 bits per heavy atom. The first kappa shape index (κ1) is 16.0. The van der Waals surface area contributed by atoms with E-state index >= 15 is 0 Å². The number of halogens is 1. The van der Waals surface area contributed by atoms with Gasteiger partial charge in [0.1, 0.15) is 5.82 Å². The monoisotopic (exact) mass is 332 g/mol. The van der Waals surface area contributed by atoms with Gasteiger partial charge in [-0.25, -0.2) is 4.39 Å². The molecule has 130 valence electrons. The van der Waals surface area contributed by atoms with Crippen molar-refractivity contribution in [2.45, 2.75) is 25.3 Å². The molecule has 24 heavy (non-hydrogen) atoms. The molecule has 1 aliphatic carbocycles. The highest BCUT2D eigenvalue weighted by Gasteiger charge is 2.48. The van der Waals surface area contributed by atoms with Gasteiger partial charge in [0.15, 0.2) is 0 Å². The van der Waals surface area contributed by atoms with E-state index in [0.717, 1.165) is 51.4 Å². The summed E-state index contributed by atoms with van der Waals surface area (Å²) in [7, 11) is 0. The lowest BCUT2D eigenvalue weighted by atomic mass is 10.0. The van der Waals surface area contributed by atoms with Gasteiger partial charge in [0.25, 0.3) is 0 Å². The first-order chi connectivity index (χ1) is 11.6. The fraction of sp³-hybridized carbons (Fsp3) is 0.632. The van der Waals surface area contributed by atoms with E-state index in [2.05, 4.69) is 11.8 Å². The molecule has 1 aromatic rings. The molecule has 4 nitrogen and oxygen atoms in total. The molecular weight excluding hydrogens is 307 g/mol. The van der Waals surface area contributed by atoms with Crippen molar-refractivity contribution in [3.05, 3.63) is 35.6 Å². The van der Waals surface area contributed by atoms with Gasteiger partial charge in [-0.2, -0.15) is 0 Å². The Balaban J connectivity index is 1.38. The second-order valence-corrected chi connectivity index (χ2v) is 7.44. The number of morpholine rings is 1. The van der Waals surface area contributed by atoms with Crippen molar-refractivity contribution in [1.82, 2.24) is 9.80 Å². The lowest BCUT2D eigenvalue weighted by molar-refractivity contribution is -0.131. The molecule has 0 unspecified atom stereocenters. The van der Waals surface area contributed by atoms with Crippen LogP contribution in [0.2, 0.25) is 0 Å². The summed E-state index contributed by atoms with van der Waals surface area (Å²) < 4.78 is 18.8. The molecule has 0 bridgehead atoms. The van der Waals surface area contributed by atoms with Crippen molar-refractivity contribution >= 4 is 5.91 Å². The smallest absolute Gasteiger partial charge is 0.226 e. The molecule has 0 aromatic heterocycles. The fourth-order valence-corrected chi connectivity index (χ4v) is 4.32. The van der Waals surface area contributed by atoms with E-state index in [4.69, 9.17) is 4.74 Å². The number of nitrogens with zero attached hydrogens (tertiary/aromatic N) is 2. The molecule has 2 aliphatic heterocycles. The molecule has 0 radical (unpaired) electrons. The van der Waals surface area contributed by atoms with Gasteiger partial charge in [0.2, 0.25) is 5.91 Å². The largest absolute Gasteiger partial charge is 0.379 e. The fourth-order valence-electron chi connectivity index (χ4n) is 4.32. The molecule has 3 fully saturated rings. The van der Waals surface area contributed by atoms with Gasteiger partial charge >= 0.3 is 0 Å². The highest BCUT2D eigenvalue weighted by atomic mass is 19.1. The van der Waals surface area contributed by atoms with Gasteiger partial charge in [-0.3, -0.25) is 9.69 Å². The number of amides is 1. The standard InChI is InChI=1S/C19H25FN2O2/c1-13-11-22(12-18(13)21-5-7-24-8-6-21)19(23)17-10-16(17)14-3-2-4-15(20)9-14/h2-4,9,13,16-18H,5-8,10-12H2,1H3/t13-,16+,17-,18-/m1/s1.